The quantitative estimate of drug-likeness (QED) is 0.677. The van der Waals surface area contributed by atoms with E-state index in [0.717, 1.165) is 43.5 Å². The van der Waals surface area contributed by atoms with Gasteiger partial charge in [0.05, 0.1) is 5.56 Å². The second kappa shape index (κ2) is 7.80. The summed E-state index contributed by atoms with van der Waals surface area (Å²) in [6.07, 6.45) is 4.61. The number of hydrogen-bond donors (Lipinski definition) is 1. The highest BCUT2D eigenvalue weighted by Gasteiger charge is 2.36. The molecule has 160 valence electrons. The molecule has 2 fully saturated rings. The lowest BCUT2D eigenvalue weighted by Crippen LogP contribution is -2.30. The highest BCUT2D eigenvalue weighted by atomic mass is 19.1. The molecule has 7 heteroatoms. The number of carbonyl (C=O) groups is 1. The molecule has 1 amide bonds. The van der Waals surface area contributed by atoms with Gasteiger partial charge in [-0.2, -0.15) is 0 Å². The highest BCUT2D eigenvalue weighted by molar-refractivity contribution is 5.81. The molecule has 0 radical (unpaired) electrons. The van der Waals surface area contributed by atoms with E-state index in [9.17, 15) is 9.90 Å². The van der Waals surface area contributed by atoms with Gasteiger partial charge < -0.3 is 14.6 Å². The molecular weight excluding hydrogens is 395 g/mol. The van der Waals surface area contributed by atoms with Crippen molar-refractivity contribution in [3.8, 4) is 28.3 Å². The largest absolute Gasteiger partial charge is 0.508 e. The minimum absolute atomic E-state index is 0.188. The molecule has 1 aliphatic heterocycles. The minimum Gasteiger partial charge on any atom is -0.508 e. The van der Waals surface area contributed by atoms with Gasteiger partial charge in [-0.3, -0.25) is 4.79 Å². The maximum atomic E-state index is 15.0. The fraction of sp³-hybridized carbons (Fsp3) is 0.375. The predicted molar refractivity (Wildman–Crippen MR) is 115 cm³/mol. The lowest BCUT2D eigenvalue weighted by atomic mass is 10.0. The predicted octanol–water partition coefficient (Wildman–Crippen LogP) is 4.02. The van der Waals surface area contributed by atoms with Crippen LogP contribution < -0.4 is 0 Å². The number of amides is 1. The Morgan fingerprint density at radius 3 is 2.68 bits per heavy atom. The van der Waals surface area contributed by atoms with Gasteiger partial charge in [0.2, 0.25) is 5.91 Å². The summed E-state index contributed by atoms with van der Waals surface area (Å²) in [5, 5.41) is 18.1. The zero-order chi connectivity index (χ0) is 21.5. The summed E-state index contributed by atoms with van der Waals surface area (Å²) >= 11 is 0. The molecule has 0 spiro atoms. The third-order valence-electron chi connectivity index (χ3n) is 6.35. The molecule has 3 aromatic rings. The van der Waals surface area contributed by atoms with Crippen LogP contribution in [0.5, 0.6) is 5.75 Å². The fourth-order valence-electron chi connectivity index (χ4n) is 4.31. The second-order valence-corrected chi connectivity index (χ2v) is 8.72. The van der Waals surface area contributed by atoms with Gasteiger partial charge in [-0.25, -0.2) is 4.39 Å². The number of likely N-dealkylation sites (tertiary alicyclic amines) is 1. The molecule has 5 rings (SSSR count). The number of carbonyl (C=O) groups excluding carboxylic acids is 1. The molecule has 2 aromatic carbocycles. The van der Waals surface area contributed by atoms with Crippen LogP contribution in [-0.2, 0) is 11.3 Å². The van der Waals surface area contributed by atoms with Crippen LogP contribution in [0.15, 0.2) is 42.7 Å². The summed E-state index contributed by atoms with van der Waals surface area (Å²) in [7, 11) is 0. The number of nitrogens with zero attached hydrogens (tertiary/aromatic N) is 4. The van der Waals surface area contributed by atoms with Gasteiger partial charge in [-0.1, -0.05) is 18.2 Å². The van der Waals surface area contributed by atoms with Gasteiger partial charge in [0.1, 0.15) is 17.9 Å². The summed E-state index contributed by atoms with van der Waals surface area (Å²) in [4.78, 5) is 14.3. The smallest absolute Gasteiger partial charge is 0.225 e. The molecule has 1 N–H and O–H groups in total. The first kappa shape index (κ1) is 19.7. The van der Waals surface area contributed by atoms with Crippen molar-refractivity contribution in [3.63, 3.8) is 0 Å². The first-order chi connectivity index (χ1) is 15.0. The Bertz CT molecular complexity index is 1140. The van der Waals surface area contributed by atoms with Crippen LogP contribution in [-0.4, -0.2) is 43.8 Å². The summed E-state index contributed by atoms with van der Waals surface area (Å²) < 4.78 is 16.9. The number of rotatable bonds is 5. The summed E-state index contributed by atoms with van der Waals surface area (Å²) in [6, 6.07) is 10.3. The van der Waals surface area contributed by atoms with E-state index in [1.165, 1.54) is 6.07 Å². The number of phenolic OH excluding ortho intramolecular Hbond substituents is 1. The molecule has 2 heterocycles. The average Bonchev–Trinajstić information content (AvgIpc) is 3.34. The molecule has 2 aliphatic rings. The lowest BCUT2D eigenvalue weighted by Gasteiger charge is -2.17. The molecule has 6 nitrogen and oxygen atoms in total. The van der Waals surface area contributed by atoms with E-state index in [0.29, 0.717) is 29.4 Å². The van der Waals surface area contributed by atoms with Gasteiger partial charge >= 0.3 is 0 Å². The fourth-order valence-corrected chi connectivity index (χ4v) is 4.31. The van der Waals surface area contributed by atoms with Gasteiger partial charge in [0.25, 0.3) is 0 Å². The Morgan fingerprint density at radius 1 is 1.16 bits per heavy atom. The van der Waals surface area contributed by atoms with Crippen LogP contribution in [0.3, 0.4) is 0 Å². The molecular formula is C24H25FN4O2. The molecule has 0 bridgehead atoms. The van der Waals surface area contributed by atoms with Gasteiger partial charge in [0, 0.05) is 25.6 Å². The third-order valence-corrected chi connectivity index (χ3v) is 6.35. The molecule has 1 saturated heterocycles. The van der Waals surface area contributed by atoms with Crippen LogP contribution in [0.4, 0.5) is 4.39 Å². The summed E-state index contributed by atoms with van der Waals surface area (Å²) in [5.41, 5.74) is 2.61. The molecule has 1 atom stereocenters. The van der Waals surface area contributed by atoms with E-state index in [2.05, 4.69) is 10.2 Å². The monoisotopic (exact) mass is 420 g/mol. The van der Waals surface area contributed by atoms with Crippen LogP contribution >= 0.6 is 0 Å². The summed E-state index contributed by atoms with van der Waals surface area (Å²) in [6.45, 7) is 4.01. The number of aromatic hydroxyl groups is 1. The SMILES string of the molecule is Cc1ccc(-c2ccc(-c3nncn3CC3CCN(C(=O)C4CC4)C3)c(F)c2)cc1O. The number of aromatic nitrogens is 3. The van der Waals surface area contributed by atoms with E-state index >= 15 is 4.39 Å². The average molecular weight is 420 g/mol. The zero-order valence-corrected chi connectivity index (χ0v) is 17.5. The van der Waals surface area contributed by atoms with Gasteiger partial charge in [0.15, 0.2) is 5.82 Å². The number of hydrogen-bond acceptors (Lipinski definition) is 4. The molecule has 31 heavy (non-hydrogen) atoms. The maximum Gasteiger partial charge on any atom is 0.225 e. The minimum atomic E-state index is -0.385. The van der Waals surface area contributed by atoms with Crippen molar-refractivity contribution < 1.29 is 14.3 Å². The van der Waals surface area contributed by atoms with Crippen molar-refractivity contribution in [2.75, 3.05) is 13.1 Å². The van der Waals surface area contributed by atoms with Gasteiger partial charge in [-0.05, 0) is 67.0 Å². The van der Waals surface area contributed by atoms with E-state index in [1.54, 1.807) is 18.5 Å². The number of phenols is 1. The Morgan fingerprint density at radius 2 is 1.94 bits per heavy atom. The van der Waals surface area contributed by atoms with Crippen molar-refractivity contribution in [2.24, 2.45) is 11.8 Å². The van der Waals surface area contributed by atoms with Crippen molar-refractivity contribution in [1.29, 1.82) is 0 Å². The maximum absolute atomic E-state index is 15.0. The van der Waals surface area contributed by atoms with Crippen LogP contribution in [0.25, 0.3) is 22.5 Å². The number of aryl methyl sites for hydroxylation is 1. The van der Waals surface area contributed by atoms with Crippen molar-refractivity contribution in [3.05, 3.63) is 54.1 Å². The van der Waals surface area contributed by atoms with Crippen molar-refractivity contribution in [2.45, 2.75) is 32.7 Å². The normalized spacial score (nSPS) is 18.5. The van der Waals surface area contributed by atoms with E-state index < -0.39 is 0 Å². The molecule has 1 aromatic heterocycles. The zero-order valence-electron chi connectivity index (χ0n) is 17.5. The van der Waals surface area contributed by atoms with E-state index in [-0.39, 0.29) is 23.4 Å². The molecule has 1 unspecified atom stereocenters. The Balaban J connectivity index is 1.34. The van der Waals surface area contributed by atoms with Gasteiger partial charge in [-0.15, -0.1) is 10.2 Å². The standard InChI is InChI=1S/C24H25FN4O2/c1-15-2-3-19(11-22(15)30)18-6-7-20(21(25)10-18)23-27-26-14-29(23)13-16-8-9-28(12-16)24(31)17-4-5-17/h2-3,6-7,10-11,14,16-17,30H,4-5,8-9,12-13H2,1H3. The Labute approximate surface area is 180 Å². The van der Waals surface area contributed by atoms with Crippen LogP contribution in [0, 0.1) is 24.6 Å². The van der Waals surface area contributed by atoms with Crippen LogP contribution in [0.2, 0.25) is 0 Å². The summed E-state index contributed by atoms with van der Waals surface area (Å²) in [5.74, 6) is 1.14. The Hall–Kier alpha value is -3.22. The van der Waals surface area contributed by atoms with Crippen molar-refractivity contribution in [1.82, 2.24) is 19.7 Å². The third kappa shape index (κ3) is 3.92. The molecule has 1 saturated carbocycles. The first-order valence-electron chi connectivity index (χ1n) is 10.8. The van der Waals surface area contributed by atoms with E-state index in [1.807, 2.05) is 34.6 Å². The number of halogens is 1. The topological polar surface area (TPSA) is 71.2 Å². The second-order valence-electron chi connectivity index (χ2n) is 8.72. The highest BCUT2D eigenvalue weighted by Crippen LogP contribution is 2.34. The lowest BCUT2D eigenvalue weighted by molar-refractivity contribution is -0.131. The van der Waals surface area contributed by atoms with Crippen LogP contribution in [0.1, 0.15) is 24.8 Å². The Kier molecular flexibility index (Phi) is 4.96. The molecule has 1 aliphatic carbocycles. The van der Waals surface area contributed by atoms with Crippen molar-refractivity contribution >= 4 is 5.91 Å². The van der Waals surface area contributed by atoms with E-state index in [4.69, 9.17) is 0 Å². The number of benzene rings is 2. The first-order valence-corrected chi connectivity index (χ1v) is 10.8.